The zero-order valence-electron chi connectivity index (χ0n) is 11.4. The zero-order chi connectivity index (χ0) is 13.8. The Morgan fingerprint density at radius 1 is 1.26 bits per heavy atom. The highest BCUT2D eigenvalue weighted by molar-refractivity contribution is 7.99. The van der Waals surface area contributed by atoms with E-state index in [1.165, 1.54) is 4.90 Å². The van der Waals surface area contributed by atoms with Crippen LogP contribution in [0.25, 0.3) is 11.4 Å². The molecule has 3 nitrogen and oxygen atoms in total. The first-order chi connectivity index (χ1) is 9.11. The zero-order valence-corrected chi connectivity index (χ0v) is 12.2. The van der Waals surface area contributed by atoms with Gasteiger partial charge in [0.15, 0.2) is 5.82 Å². The van der Waals surface area contributed by atoms with Crippen LogP contribution in [-0.4, -0.2) is 20.8 Å². The van der Waals surface area contributed by atoms with Gasteiger partial charge in [0.2, 0.25) is 0 Å². The lowest BCUT2D eigenvalue weighted by molar-refractivity contribution is 0.197. The molecule has 2 rings (SSSR count). The van der Waals surface area contributed by atoms with Crippen molar-refractivity contribution in [1.29, 1.82) is 0 Å². The molecule has 0 fully saturated rings. The largest absolute Gasteiger partial charge is 0.389 e. The van der Waals surface area contributed by atoms with E-state index >= 15 is 0 Å². The van der Waals surface area contributed by atoms with Crippen LogP contribution in [0.15, 0.2) is 35.4 Å². The second-order valence-electron chi connectivity index (χ2n) is 4.37. The van der Waals surface area contributed by atoms with Crippen LogP contribution < -0.4 is 0 Å². The second kappa shape index (κ2) is 6.17. The Hall–Kier alpha value is -1.39. The summed E-state index contributed by atoms with van der Waals surface area (Å²) in [5.41, 5.74) is 2.61. The topological polar surface area (TPSA) is 46.0 Å². The van der Waals surface area contributed by atoms with E-state index in [1.807, 2.05) is 30.8 Å². The molecule has 1 heterocycles. The molecule has 19 heavy (non-hydrogen) atoms. The van der Waals surface area contributed by atoms with Gasteiger partial charge in [-0.2, -0.15) is 0 Å². The van der Waals surface area contributed by atoms with Gasteiger partial charge in [0.25, 0.3) is 0 Å². The number of aromatic nitrogens is 2. The van der Waals surface area contributed by atoms with Gasteiger partial charge in [-0.05, 0) is 31.7 Å². The van der Waals surface area contributed by atoms with Gasteiger partial charge < -0.3 is 5.11 Å². The van der Waals surface area contributed by atoms with E-state index in [2.05, 4.69) is 29.0 Å². The second-order valence-corrected chi connectivity index (χ2v) is 5.71. The predicted molar refractivity (Wildman–Crippen MR) is 79.2 cm³/mol. The predicted octanol–water partition coefficient (Wildman–Crippen LogP) is 3.62. The number of benzene rings is 1. The molecule has 1 N–H and O–H groups in total. The van der Waals surface area contributed by atoms with E-state index in [4.69, 9.17) is 0 Å². The maximum absolute atomic E-state index is 9.58. The number of rotatable bonds is 4. The smallest absolute Gasteiger partial charge is 0.159 e. The Morgan fingerprint density at radius 2 is 1.95 bits per heavy atom. The van der Waals surface area contributed by atoms with E-state index < -0.39 is 6.10 Å². The molecule has 0 amide bonds. The fourth-order valence-corrected chi connectivity index (χ4v) is 2.55. The van der Waals surface area contributed by atoms with Crippen LogP contribution in [0.5, 0.6) is 0 Å². The molecule has 100 valence electrons. The summed E-state index contributed by atoms with van der Waals surface area (Å²) in [5.74, 6) is 1.77. The third-order valence-electron chi connectivity index (χ3n) is 2.89. The van der Waals surface area contributed by atoms with Gasteiger partial charge in [-0.3, -0.25) is 0 Å². The molecule has 0 aliphatic heterocycles. The standard InChI is InChI=1S/C15H18N2OS/c1-4-19-13-7-5-12(6-8-13)15-16-9-14(11(3)18)10(2)17-15/h5-9,11,18H,4H2,1-3H3/t11-/m0/s1. The summed E-state index contributed by atoms with van der Waals surface area (Å²) >= 11 is 1.81. The number of nitrogens with zero attached hydrogens (tertiary/aromatic N) is 2. The van der Waals surface area contributed by atoms with Gasteiger partial charge in [-0.15, -0.1) is 11.8 Å². The molecule has 4 heteroatoms. The van der Waals surface area contributed by atoms with Crippen molar-refractivity contribution in [3.63, 3.8) is 0 Å². The first-order valence-electron chi connectivity index (χ1n) is 6.36. The molecule has 0 bridgehead atoms. The van der Waals surface area contributed by atoms with Crippen molar-refractivity contribution in [2.75, 3.05) is 5.75 Å². The number of aliphatic hydroxyl groups is 1. The number of hydrogen-bond acceptors (Lipinski definition) is 4. The fourth-order valence-electron chi connectivity index (χ4n) is 1.89. The lowest BCUT2D eigenvalue weighted by Gasteiger charge is -2.09. The van der Waals surface area contributed by atoms with Crippen molar-refractivity contribution < 1.29 is 5.11 Å². The summed E-state index contributed by atoms with van der Waals surface area (Å²) in [6.07, 6.45) is 1.18. The fraction of sp³-hybridized carbons (Fsp3) is 0.333. The summed E-state index contributed by atoms with van der Waals surface area (Å²) in [6, 6.07) is 8.25. The SMILES string of the molecule is CCSc1ccc(-c2ncc([C@H](C)O)c(C)n2)cc1. The minimum Gasteiger partial charge on any atom is -0.389 e. The lowest BCUT2D eigenvalue weighted by atomic mass is 10.1. The van der Waals surface area contributed by atoms with Crippen molar-refractivity contribution in [2.24, 2.45) is 0 Å². The summed E-state index contributed by atoms with van der Waals surface area (Å²) in [5, 5.41) is 9.58. The minimum absolute atomic E-state index is 0.530. The van der Waals surface area contributed by atoms with E-state index in [0.29, 0.717) is 5.82 Å². The van der Waals surface area contributed by atoms with Crippen LogP contribution in [0.3, 0.4) is 0 Å². The van der Waals surface area contributed by atoms with Crippen molar-refractivity contribution in [3.05, 3.63) is 41.7 Å². The van der Waals surface area contributed by atoms with E-state index in [1.54, 1.807) is 13.1 Å². The molecule has 1 aromatic heterocycles. The number of thioether (sulfide) groups is 1. The Balaban J connectivity index is 2.29. The molecule has 0 aliphatic carbocycles. The third-order valence-corrected chi connectivity index (χ3v) is 3.79. The first kappa shape index (κ1) is 14.0. The van der Waals surface area contributed by atoms with Gasteiger partial charge in [-0.1, -0.05) is 19.1 Å². The highest BCUT2D eigenvalue weighted by Crippen LogP contribution is 2.23. The van der Waals surface area contributed by atoms with Crippen molar-refractivity contribution >= 4 is 11.8 Å². The van der Waals surface area contributed by atoms with Crippen LogP contribution in [0.2, 0.25) is 0 Å². The highest BCUT2D eigenvalue weighted by atomic mass is 32.2. The van der Waals surface area contributed by atoms with Crippen molar-refractivity contribution in [3.8, 4) is 11.4 Å². The average Bonchev–Trinajstić information content (AvgIpc) is 2.39. The minimum atomic E-state index is -0.530. The van der Waals surface area contributed by atoms with Crippen LogP contribution in [0, 0.1) is 6.92 Å². The highest BCUT2D eigenvalue weighted by Gasteiger charge is 2.09. The van der Waals surface area contributed by atoms with Crippen LogP contribution in [0.4, 0.5) is 0 Å². The number of aliphatic hydroxyl groups excluding tert-OH is 1. The Bertz CT molecular complexity index is 553. The van der Waals surface area contributed by atoms with E-state index in [9.17, 15) is 5.11 Å². The first-order valence-corrected chi connectivity index (χ1v) is 7.35. The molecule has 0 spiro atoms. The molecule has 1 aromatic carbocycles. The summed E-state index contributed by atoms with van der Waals surface area (Å²) in [7, 11) is 0. The summed E-state index contributed by atoms with van der Waals surface area (Å²) in [4.78, 5) is 10.0. The van der Waals surface area contributed by atoms with Gasteiger partial charge in [-0.25, -0.2) is 9.97 Å². The average molecular weight is 274 g/mol. The van der Waals surface area contributed by atoms with Gasteiger partial charge >= 0.3 is 0 Å². The molecule has 1 atom stereocenters. The van der Waals surface area contributed by atoms with E-state index in [0.717, 1.165) is 22.6 Å². The van der Waals surface area contributed by atoms with Gasteiger partial charge in [0.1, 0.15) is 0 Å². The van der Waals surface area contributed by atoms with Crippen LogP contribution in [0.1, 0.15) is 31.2 Å². The normalized spacial score (nSPS) is 12.4. The molecule has 0 radical (unpaired) electrons. The quantitative estimate of drug-likeness (QED) is 0.865. The van der Waals surface area contributed by atoms with Gasteiger partial charge in [0, 0.05) is 27.9 Å². The number of hydrogen-bond donors (Lipinski definition) is 1. The Kier molecular flexibility index (Phi) is 4.56. The van der Waals surface area contributed by atoms with E-state index in [-0.39, 0.29) is 0 Å². The monoisotopic (exact) mass is 274 g/mol. The summed E-state index contributed by atoms with van der Waals surface area (Å²) in [6.45, 7) is 5.76. The third kappa shape index (κ3) is 3.33. The molecule has 0 saturated carbocycles. The van der Waals surface area contributed by atoms with Gasteiger partial charge in [0.05, 0.1) is 6.10 Å². The maximum atomic E-state index is 9.58. The molecule has 2 aromatic rings. The Morgan fingerprint density at radius 3 is 2.47 bits per heavy atom. The Labute approximate surface area is 118 Å². The number of aryl methyl sites for hydroxylation is 1. The molecular formula is C15H18N2OS. The molecule has 0 unspecified atom stereocenters. The van der Waals surface area contributed by atoms with Crippen molar-refractivity contribution in [2.45, 2.75) is 31.8 Å². The van der Waals surface area contributed by atoms with Crippen LogP contribution >= 0.6 is 11.8 Å². The maximum Gasteiger partial charge on any atom is 0.159 e. The summed E-state index contributed by atoms with van der Waals surface area (Å²) < 4.78 is 0. The molecule has 0 aliphatic rings. The lowest BCUT2D eigenvalue weighted by Crippen LogP contribution is -2.01. The molecule has 0 saturated heterocycles. The van der Waals surface area contributed by atoms with Crippen molar-refractivity contribution in [1.82, 2.24) is 9.97 Å². The van der Waals surface area contributed by atoms with Crippen LogP contribution in [-0.2, 0) is 0 Å². The molecular weight excluding hydrogens is 256 g/mol.